The SMILES string of the molecule is CC(C)(C)OC(=O)Nc1ccc(CC(F)(F)F)c(-c2cc3ncnc(N4CCNCC4)c3cc2Cl)n1. The normalized spacial score (nSPS) is 14.7. The Balaban J connectivity index is 1.78. The van der Waals surface area contributed by atoms with Crippen LogP contribution in [0.5, 0.6) is 0 Å². The molecule has 3 heterocycles. The Morgan fingerprint density at radius 2 is 1.89 bits per heavy atom. The lowest BCUT2D eigenvalue weighted by Gasteiger charge is -2.29. The molecule has 3 aromatic rings. The van der Waals surface area contributed by atoms with Crippen molar-refractivity contribution in [1.82, 2.24) is 20.3 Å². The maximum atomic E-state index is 13.4. The summed E-state index contributed by atoms with van der Waals surface area (Å²) in [6.45, 7) is 8.21. The number of anilines is 2. The minimum absolute atomic E-state index is 0.00452. The van der Waals surface area contributed by atoms with Gasteiger partial charge < -0.3 is 15.0 Å². The van der Waals surface area contributed by atoms with Crippen LogP contribution in [0.2, 0.25) is 5.02 Å². The molecule has 192 valence electrons. The molecule has 2 N–H and O–H groups in total. The number of fused-ring (bicyclic) bond motifs is 1. The van der Waals surface area contributed by atoms with Gasteiger partial charge in [-0.3, -0.25) is 5.32 Å². The lowest BCUT2D eigenvalue weighted by molar-refractivity contribution is -0.127. The summed E-state index contributed by atoms with van der Waals surface area (Å²) in [5, 5.41) is 6.63. The molecule has 1 saturated heterocycles. The number of halogens is 4. The number of benzene rings is 1. The number of alkyl halides is 3. The van der Waals surface area contributed by atoms with Crippen LogP contribution in [-0.2, 0) is 11.2 Å². The third kappa shape index (κ3) is 6.33. The van der Waals surface area contributed by atoms with Crippen molar-refractivity contribution < 1.29 is 22.7 Å². The van der Waals surface area contributed by atoms with Gasteiger partial charge in [-0.1, -0.05) is 17.7 Å². The molecule has 0 spiro atoms. The molecule has 0 aliphatic carbocycles. The molecule has 36 heavy (non-hydrogen) atoms. The number of pyridine rings is 1. The smallest absolute Gasteiger partial charge is 0.413 e. The first-order chi connectivity index (χ1) is 16.9. The zero-order chi connectivity index (χ0) is 26.1. The molecule has 1 aliphatic heterocycles. The van der Waals surface area contributed by atoms with Crippen LogP contribution >= 0.6 is 11.6 Å². The number of aromatic nitrogens is 3. The van der Waals surface area contributed by atoms with E-state index in [1.54, 1.807) is 32.9 Å². The maximum absolute atomic E-state index is 13.4. The average Bonchev–Trinajstić information content (AvgIpc) is 2.78. The van der Waals surface area contributed by atoms with Crippen LogP contribution in [0.25, 0.3) is 22.2 Å². The Labute approximate surface area is 211 Å². The van der Waals surface area contributed by atoms with Crippen LogP contribution < -0.4 is 15.5 Å². The van der Waals surface area contributed by atoms with Gasteiger partial charge in [0.25, 0.3) is 0 Å². The molecule has 0 atom stereocenters. The number of amides is 1. The van der Waals surface area contributed by atoms with Gasteiger partial charge in [-0.2, -0.15) is 13.2 Å². The predicted molar refractivity (Wildman–Crippen MR) is 132 cm³/mol. The number of piperazine rings is 1. The van der Waals surface area contributed by atoms with Gasteiger partial charge in [0.15, 0.2) is 0 Å². The van der Waals surface area contributed by atoms with E-state index in [1.165, 1.54) is 18.5 Å². The van der Waals surface area contributed by atoms with Gasteiger partial charge >= 0.3 is 12.3 Å². The number of nitrogens with one attached hydrogen (secondary N) is 2. The lowest BCUT2D eigenvalue weighted by Crippen LogP contribution is -2.44. The molecule has 0 bridgehead atoms. The van der Waals surface area contributed by atoms with Crippen LogP contribution in [-0.4, -0.2) is 59.0 Å². The molecular formula is C24H26ClF3N6O2. The van der Waals surface area contributed by atoms with Crippen molar-refractivity contribution >= 4 is 40.2 Å². The third-order valence-electron chi connectivity index (χ3n) is 5.37. The Bertz CT molecular complexity index is 1270. The van der Waals surface area contributed by atoms with E-state index >= 15 is 0 Å². The number of rotatable bonds is 4. The fourth-order valence-corrected chi connectivity index (χ4v) is 4.18. The molecule has 4 rings (SSSR count). The highest BCUT2D eigenvalue weighted by Gasteiger charge is 2.30. The monoisotopic (exact) mass is 522 g/mol. The molecule has 0 radical (unpaired) electrons. The van der Waals surface area contributed by atoms with Crippen LogP contribution in [0.15, 0.2) is 30.6 Å². The number of carbonyl (C=O) groups excluding carboxylic acids is 1. The Hall–Kier alpha value is -3.18. The van der Waals surface area contributed by atoms with Crippen molar-refractivity contribution in [3.8, 4) is 11.3 Å². The molecule has 0 saturated carbocycles. The van der Waals surface area contributed by atoms with E-state index in [0.717, 1.165) is 26.2 Å². The van der Waals surface area contributed by atoms with E-state index in [0.29, 0.717) is 16.7 Å². The number of nitrogens with zero attached hydrogens (tertiary/aromatic N) is 4. The van der Waals surface area contributed by atoms with E-state index in [9.17, 15) is 18.0 Å². The van der Waals surface area contributed by atoms with Crippen LogP contribution in [0.1, 0.15) is 26.3 Å². The molecule has 2 aromatic heterocycles. The first-order valence-electron chi connectivity index (χ1n) is 11.4. The highest BCUT2D eigenvalue weighted by molar-refractivity contribution is 6.34. The lowest BCUT2D eigenvalue weighted by atomic mass is 10.0. The molecule has 0 unspecified atom stereocenters. The number of hydrogen-bond acceptors (Lipinski definition) is 7. The van der Waals surface area contributed by atoms with Gasteiger partial charge in [-0.25, -0.2) is 19.7 Å². The zero-order valence-corrected chi connectivity index (χ0v) is 20.8. The highest BCUT2D eigenvalue weighted by Crippen LogP contribution is 2.37. The number of carbonyl (C=O) groups is 1. The zero-order valence-electron chi connectivity index (χ0n) is 20.0. The van der Waals surface area contributed by atoms with Gasteiger partial charge in [-0.05, 0) is 44.5 Å². The first kappa shape index (κ1) is 25.9. The topological polar surface area (TPSA) is 92.3 Å². The standard InChI is InChI=1S/C24H26ClF3N6O2/c1-23(2,3)36-22(35)33-19-5-4-14(12-24(26,27)28)20(32-19)15-11-18-16(10-17(15)25)21(31-13-30-18)34-8-6-29-7-9-34/h4-5,10-11,13,29H,6-9,12H2,1-3H3,(H,32,33,35). The van der Waals surface area contributed by atoms with Crippen molar-refractivity contribution in [1.29, 1.82) is 0 Å². The summed E-state index contributed by atoms with van der Waals surface area (Å²) in [5.41, 5.74) is -0.0681. The predicted octanol–water partition coefficient (Wildman–Crippen LogP) is 5.21. The first-order valence-corrected chi connectivity index (χ1v) is 11.7. The minimum Gasteiger partial charge on any atom is -0.444 e. The van der Waals surface area contributed by atoms with Gasteiger partial charge in [0.1, 0.15) is 23.6 Å². The van der Waals surface area contributed by atoms with Gasteiger partial charge in [-0.15, -0.1) is 0 Å². The summed E-state index contributed by atoms with van der Waals surface area (Å²) >= 11 is 6.62. The van der Waals surface area contributed by atoms with Crippen LogP contribution in [0.4, 0.5) is 29.6 Å². The van der Waals surface area contributed by atoms with Gasteiger partial charge in [0.2, 0.25) is 0 Å². The summed E-state index contributed by atoms with van der Waals surface area (Å²) in [7, 11) is 0. The third-order valence-corrected chi connectivity index (χ3v) is 5.69. The van der Waals surface area contributed by atoms with E-state index in [-0.39, 0.29) is 27.7 Å². The molecular weight excluding hydrogens is 497 g/mol. The second kappa shape index (κ2) is 10.1. The van der Waals surface area contributed by atoms with E-state index in [4.69, 9.17) is 16.3 Å². The van der Waals surface area contributed by atoms with Crippen molar-refractivity contribution in [2.75, 3.05) is 36.4 Å². The fraction of sp³-hybridized carbons (Fsp3) is 0.417. The van der Waals surface area contributed by atoms with E-state index in [2.05, 4.69) is 30.5 Å². The number of ether oxygens (including phenoxy) is 1. The summed E-state index contributed by atoms with van der Waals surface area (Å²) in [4.78, 5) is 27.4. The van der Waals surface area contributed by atoms with Crippen molar-refractivity contribution in [3.63, 3.8) is 0 Å². The molecule has 12 heteroatoms. The Kier molecular flexibility index (Phi) is 7.24. The average molecular weight is 523 g/mol. The van der Waals surface area contributed by atoms with Crippen molar-refractivity contribution in [3.05, 3.63) is 41.2 Å². The molecule has 8 nitrogen and oxygen atoms in total. The Morgan fingerprint density at radius 1 is 1.17 bits per heavy atom. The fourth-order valence-electron chi connectivity index (χ4n) is 3.93. The molecule has 1 aliphatic rings. The second-order valence-electron chi connectivity index (χ2n) is 9.41. The second-order valence-corrected chi connectivity index (χ2v) is 9.81. The van der Waals surface area contributed by atoms with Gasteiger partial charge in [0, 0.05) is 37.1 Å². The summed E-state index contributed by atoms with van der Waals surface area (Å²) in [6, 6.07) is 5.82. The van der Waals surface area contributed by atoms with Crippen LogP contribution in [0, 0.1) is 0 Å². The maximum Gasteiger partial charge on any atom is 0.413 e. The number of hydrogen-bond donors (Lipinski definition) is 2. The summed E-state index contributed by atoms with van der Waals surface area (Å²) in [5.74, 6) is 0.740. The van der Waals surface area contributed by atoms with Gasteiger partial charge in [0.05, 0.1) is 22.7 Å². The largest absolute Gasteiger partial charge is 0.444 e. The molecule has 1 fully saturated rings. The summed E-state index contributed by atoms with van der Waals surface area (Å²) < 4.78 is 45.3. The quantitative estimate of drug-likeness (QED) is 0.486. The van der Waals surface area contributed by atoms with E-state index < -0.39 is 24.3 Å². The molecule has 1 aromatic carbocycles. The summed E-state index contributed by atoms with van der Waals surface area (Å²) in [6.07, 6.45) is -5.05. The van der Waals surface area contributed by atoms with Crippen molar-refractivity contribution in [2.24, 2.45) is 0 Å². The minimum atomic E-state index is -4.47. The van der Waals surface area contributed by atoms with Crippen LogP contribution in [0.3, 0.4) is 0 Å². The van der Waals surface area contributed by atoms with Crippen molar-refractivity contribution in [2.45, 2.75) is 39.0 Å². The Morgan fingerprint density at radius 3 is 2.56 bits per heavy atom. The molecule has 1 amide bonds. The highest BCUT2D eigenvalue weighted by atomic mass is 35.5. The van der Waals surface area contributed by atoms with E-state index in [1.807, 2.05) is 0 Å².